The molecule has 2 N–H and O–H groups in total. The number of hydrogen-bond donors (Lipinski definition) is 1. The third-order valence-electron chi connectivity index (χ3n) is 5.16. The van der Waals surface area contributed by atoms with Crippen LogP contribution in [0.25, 0.3) is 16.6 Å². The number of para-hydroxylation sites is 1. The molecule has 1 fully saturated rings. The van der Waals surface area contributed by atoms with Crippen molar-refractivity contribution in [2.45, 2.75) is 26.2 Å². The smallest absolute Gasteiger partial charge is 0.274 e. The molecule has 7 heteroatoms. The lowest BCUT2D eigenvalue weighted by molar-refractivity contribution is 0.0755. The number of aromatic nitrogens is 3. The van der Waals surface area contributed by atoms with Crippen molar-refractivity contribution in [3.05, 3.63) is 30.1 Å². The Morgan fingerprint density at radius 2 is 2.12 bits per heavy atom. The summed E-state index contributed by atoms with van der Waals surface area (Å²) >= 11 is 0. The summed E-state index contributed by atoms with van der Waals surface area (Å²) in [4.78, 5) is 23.9. The minimum absolute atomic E-state index is 0.0433. The lowest BCUT2D eigenvalue weighted by Crippen LogP contribution is -2.32. The fourth-order valence-corrected chi connectivity index (χ4v) is 3.63. The molecule has 1 aliphatic heterocycles. The Kier molecular flexibility index (Phi) is 4.14. The van der Waals surface area contributed by atoms with Crippen molar-refractivity contribution in [3.8, 4) is 5.75 Å². The predicted octanol–water partition coefficient (Wildman–Crippen LogP) is 2.74. The van der Waals surface area contributed by atoms with Gasteiger partial charge in [-0.2, -0.15) is 0 Å². The van der Waals surface area contributed by atoms with Crippen LogP contribution in [0.2, 0.25) is 0 Å². The van der Waals surface area contributed by atoms with E-state index in [9.17, 15) is 4.79 Å². The summed E-state index contributed by atoms with van der Waals surface area (Å²) in [6.45, 7) is 3.79. The average molecular weight is 353 g/mol. The maximum atomic E-state index is 13.0. The van der Waals surface area contributed by atoms with Crippen molar-refractivity contribution in [1.29, 1.82) is 0 Å². The fourth-order valence-electron chi connectivity index (χ4n) is 3.63. The first-order valence-corrected chi connectivity index (χ1v) is 8.99. The quantitative estimate of drug-likeness (QED) is 0.765. The zero-order chi connectivity index (χ0) is 18.3. The fraction of sp³-hybridized carbons (Fsp3) is 0.421. The molecule has 0 spiro atoms. The third kappa shape index (κ3) is 2.73. The summed E-state index contributed by atoms with van der Waals surface area (Å²) in [6.07, 6.45) is 4.91. The predicted molar refractivity (Wildman–Crippen MR) is 100 cm³/mol. The maximum Gasteiger partial charge on any atom is 0.274 e. The number of benzene rings is 1. The van der Waals surface area contributed by atoms with Gasteiger partial charge in [0.05, 0.1) is 7.11 Å². The van der Waals surface area contributed by atoms with Crippen LogP contribution in [-0.2, 0) is 0 Å². The number of imidazole rings is 1. The SMILES string of the molecule is COc1cccc2c1nc(N)n1cc(C(=O)N3CCCC(C)CC3)nc21. The Morgan fingerprint density at radius 1 is 1.27 bits per heavy atom. The summed E-state index contributed by atoms with van der Waals surface area (Å²) in [5, 5.41) is 0.807. The van der Waals surface area contributed by atoms with Gasteiger partial charge in [0.15, 0.2) is 0 Å². The number of nitrogens with zero attached hydrogens (tertiary/aromatic N) is 4. The highest BCUT2D eigenvalue weighted by molar-refractivity contribution is 5.99. The lowest BCUT2D eigenvalue weighted by Gasteiger charge is -2.18. The van der Waals surface area contributed by atoms with Crippen LogP contribution in [0.4, 0.5) is 5.95 Å². The maximum absolute atomic E-state index is 13.0. The zero-order valence-electron chi connectivity index (χ0n) is 15.1. The molecule has 1 unspecified atom stereocenters. The van der Waals surface area contributed by atoms with E-state index >= 15 is 0 Å². The van der Waals surface area contributed by atoms with Crippen LogP contribution in [0.3, 0.4) is 0 Å². The zero-order valence-corrected chi connectivity index (χ0v) is 15.1. The van der Waals surface area contributed by atoms with E-state index in [1.54, 1.807) is 17.7 Å². The van der Waals surface area contributed by atoms with E-state index in [-0.39, 0.29) is 11.9 Å². The number of carbonyl (C=O) groups excluding carboxylic acids is 1. The van der Waals surface area contributed by atoms with Gasteiger partial charge in [-0.3, -0.25) is 9.20 Å². The molecule has 3 aromatic rings. The number of ether oxygens (including phenoxy) is 1. The molecule has 1 amide bonds. The average Bonchev–Trinajstić information content (AvgIpc) is 2.99. The molecule has 0 saturated carbocycles. The molecule has 7 nitrogen and oxygen atoms in total. The highest BCUT2D eigenvalue weighted by Crippen LogP contribution is 2.28. The molecular formula is C19H23N5O2. The molecular weight excluding hydrogens is 330 g/mol. The van der Waals surface area contributed by atoms with Crippen LogP contribution >= 0.6 is 0 Å². The van der Waals surface area contributed by atoms with Crippen LogP contribution in [0, 0.1) is 5.92 Å². The molecule has 3 heterocycles. The standard InChI is InChI=1S/C19H23N5O2/c1-12-5-4-9-23(10-8-12)18(25)14-11-24-17(21-14)13-6-3-7-15(26-2)16(13)22-19(24)20/h3,6-7,11-12H,4-5,8-10H2,1-2H3,(H2,20,22). The van der Waals surface area contributed by atoms with Gasteiger partial charge in [-0.05, 0) is 37.3 Å². The molecule has 4 rings (SSSR count). The number of rotatable bonds is 2. The minimum Gasteiger partial charge on any atom is -0.494 e. The van der Waals surface area contributed by atoms with Gasteiger partial charge in [0.2, 0.25) is 5.95 Å². The van der Waals surface area contributed by atoms with Crippen LogP contribution in [-0.4, -0.2) is 45.4 Å². The monoisotopic (exact) mass is 353 g/mol. The molecule has 2 aromatic heterocycles. The number of nitrogens with two attached hydrogens (primary N) is 1. The second kappa shape index (κ2) is 6.48. The van der Waals surface area contributed by atoms with Gasteiger partial charge in [-0.15, -0.1) is 0 Å². The molecule has 26 heavy (non-hydrogen) atoms. The van der Waals surface area contributed by atoms with Gasteiger partial charge in [-0.25, -0.2) is 9.97 Å². The van der Waals surface area contributed by atoms with Crippen molar-refractivity contribution in [1.82, 2.24) is 19.3 Å². The molecule has 1 atom stereocenters. The number of amides is 1. The number of anilines is 1. The van der Waals surface area contributed by atoms with Crippen LogP contribution in [0.15, 0.2) is 24.4 Å². The Hall–Kier alpha value is -2.83. The van der Waals surface area contributed by atoms with Crippen LogP contribution in [0.5, 0.6) is 5.75 Å². The Bertz CT molecular complexity index is 981. The second-order valence-electron chi connectivity index (χ2n) is 6.97. The Morgan fingerprint density at radius 3 is 2.92 bits per heavy atom. The lowest BCUT2D eigenvalue weighted by atomic mass is 10.0. The summed E-state index contributed by atoms with van der Waals surface area (Å²) in [5.74, 6) is 1.53. The van der Waals surface area contributed by atoms with E-state index in [4.69, 9.17) is 10.5 Å². The van der Waals surface area contributed by atoms with E-state index < -0.39 is 0 Å². The summed E-state index contributed by atoms with van der Waals surface area (Å²) < 4.78 is 7.05. The highest BCUT2D eigenvalue weighted by atomic mass is 16.5. The molecule has 136 valence electrons. The normalized spacial score (nSPS) is 18.2. The second-order valence-corrected chi connectivity index (χ2v) is 6.97. The number of fused-ring (bicyclic) bond motifs is 3. The molecule has 1 aliphatic rings. The van der Waals surface area contributed by atoms with Crippen molar-refractivity contribution in [2.24, 2.45) is 5.92 Å². The van der Waals surface area contributed by atoms with Crippen LogP contribution in [0.1, 0.15) is 36.7 Å². The van der Waals surface area contributed by atoms with Crippen molar-refractivity contribution < 1.29 is 9.53 Å². The number of nitrogen functional groups attached to an aromatic ring is 1. The summed E-state index contributed by atoms with van der Waals surface area (Å²) in [6, 6.07) is 5.62. The number of likely N-dealkylation sites (tertiary alicyclic amines) is 1. The molecule has 0 aliphatic carbocycles. The first-order valence-electron chi connectivity index (χ1n) is 8.99. The summed E-state index contributed by atoms with van der Waals surface area (Å²) in [7, 11) is 1.59. The molecule has 0 radical (unpaired) electrons. The molecule has 0 bridgehead atoms. The highest BCUT2D eigenvalue weighted by Gasteiger charge is 2.23. The van der Waals surface area contributed by atoms with E-state index in [1.165, 1.54) is 0 Å². The van der Waals surface area contributed by atoms with Crippen molar-refractivity contribution in [2.75, 3.05) is 25.9 Å². The van der Waals surface area contributed by atoms with E-state index in [0.29, 0.717) is 28.5 Å². The third-order valence-corrected chi connectivity index (χ3v) is 5.16. The number of carbonyl (C=O) groups is 1. The van der Waals surface area contributed by atoms with E-state index in [1.807, 2.05) is 23.1 Å². The number of methoxy groups -OCH3 is 1. The topological polar surface area (TPSA) is 85.8 Å². The molecule has 1 saturated heterocycles. The number of hydrogen-bond acceptors (Lipinski definition) is 5. The van der Waals surface area contributed by atoms with Gasteiger partial charge in [0.1, 0.15) is 22.6 Å². The van der Waals surface area contributed by atoms with Crippen LogP contribution < -0.4 is 10.5 Å². The largest absolute Gasteiger partial charge is 0.494 e. The van der Waals surface area contributed by atoms with Gasteiger partial charge in [-0.1, -0.05) is 13.0 Å². The van der Waals surface area contributed by atoms with Crippen molar-refractivity contribution >= 4 is 28.4 Å². The van der Waals surface area contributed by atoms with E-state index in [0.717, 1.165) is 37.7 Å². The van der Waals surface area contributed by atoms with Crippen molar-refractivity contribution in [3.63, 3.8) is 0 Å². The van der Waals surface area contributed by atoms with E-state index in [2.05, 4.69) is 16.9 Å². The van der Waals surface area contributed by atoms with Gasteiger partial charge < -0.3 is 15.4 Å². The Balaban J connectivity index is 1.79. The Labute approximate surface area is 151 Å². The minimum atomic E-state index is -0.0433. The first kappa shape index (κ1) is 16.6. The summed E-state index contributed by atoms with van der Waals surface area (Å²) in [5.41, 5.74) is 7.79. The first-order chi connectivity index (χ1) is 12.6. The van der Waals surface area contributed by atoms with Gasteiger partial charge in [0.25, 0.3) is 5.91 Å². The molecule has 1 aromatic carbocycles. The van der Waals surface area contributed by atoms with Gasteiger partial charge >= 0.3 is 0 Å². The van der Waals surface area contributed by atoms with Gasteiger partial charge in [0, 0.05) is 24.7 Å².